The summed E-state index contributed by atoms with van der Waals surface area (Å²) in [6, 6.07) is 14.0. The van der Waals surface area contributed by atoms with Gasteiger partial charge in [-0.25, -0.2) is 8.42 Å². The average molecular weight is 482 g/mol. The van der Waals surface area contributed by atoms with Gasteiger partial charge in [0.25, 0.3) is 5.91 Å². The van der Waals surface area contributed by atoms with E-state index in [4.69, 9.17) is 4.52 Å². The molecule has 0 aliphatic rings. The summed E-state index contributed by atoms with van der Waals surface area (Å²) in [4.78, 5) is 24.8. The number of aryl methyl sites for hydroxylation is 2. The van der Waals surface area contributed by atoms with Crippen LogP contribution in [-0.4, -0.2) is 48.3 Å². The Bertz CT molecular complexity index is 1230. The molecule has 0 saturated carbocycles. The Hall–Kier alpha value is -3.26. The van der Waals surface area contributed by atoms with E-state index in [-0.39, 0.29) is 12.2 Å². The second kappa shape index (κ2) is 10.3. The summed E-state index contributed by atoms with van der Waals surface area (Å²) in [6.07, 6.45) is 4.10. The van der Waals surface area contributed by atoms with Gasteiger partial charge >= 0.3 is 0 Å². The zero-order valence-electron chi connectivity index (χ0n) is 19.9. The van der Waals surface area contributed by atoms with Crippen molar-refractivity contribution < 1.29 is 22.5 Å². The molecular weight excluding hydrogens is 452 g/mol. The van der Waals surface area contributed by atoms with Crippen molar-refractivity contribution in [2.45, 2.75) is 44.9 Å². The lowest BCUT2D eigenvalue weighted by molar-refractivity contribution is 0.0739. The number of amides is 1. The summed E-state index contributed by atoms with van der Waals surface area (Å²) in [5.41, 5.74) is 3.40. The van der Waals surface area contributed by atoms with E-state index < -0.39 is 20.6 Å². The molecule has 0 aliphatic carbocycles. The molecule has 0 saturated heterocycles. The minimum atomic E-state index is -4.07. The summed E-state index contributed by atoms with van der Waals surface area (Å²) in [6.45, 7) is 5.59. The number of rotatable bonds is 10. The Labute approximate surface area is 200 Å². The van der Waals surface area contributed by atoms with Crippen LogP contribution in [0.25, 0.3) is 11.3 Å². The number of carbonyl (C=O) groups is 1. The lowest BCUT2D eigenvalue weighted by Gasteiger charge is -2.36. The van der Waals surface area contributed by atoms with Crippen LogP contribution in [0.5, 0.6) is 0 Å². The SMILES string of the molecule is CCCCS(=O)(=O)[C@@]([C]=O)(Cc1ccc(-c2ccno2)cc1)N(C)C(=O)c1cc(C)cc(C)c1. The normalized spacial score (nSPS) is 13.3. The predicted octanol–water partition coefficient (Wildman–Crippen LogP) is 4.29. The highest BCUT2D eigenvalue weighted by atomic mass is 32.2. The molecule has 179 valence electrons. The first-order chi connectivity index (χ1) is 16.1. The van der Waals surface area contributed by atoms with Gasteiger partial charge in [-0.2, -0.15) is 0 Å². The van der Waals surface area contributed by atoms with E-state index in [0.29, 0.717) is 29.7 Å². The Morgan fingerprint density at radius 2 is 1.74 bits per heavy atom. The molecule has 1 radical (unpaired) electrons. The highest BCUT2D eigenvalue weighted by Gasteiger charge is 2.50. The van der Waals surface area contributed by atoms with Crippen molar-refractivity contribution in [3.63, 3.8) is 0 Å². The minimum Gasteiger partial charge on any atom is -0.356 e. The Morgan fingerprint density at radius 1 is 1.09 bits per heavy atom. The van der Waals surface area contributed by atoms with Crippen LogP contribution >= 0.6 is 0 Å². The van der Waals surface area contributed by atoms with Crippen molar-refractivity contribution in [1.29, 1.82) is 0 Å². The van der Waals surface area contributed by atoms with Gasteiger partial charge in [-0.3, -0.25) is 9.59 Å². The Morgan fingerprint density at radius 3 is 2.26 bits per heavy atom. The smallest absolute Gasteiger partial charge is 0.255 e. The maximum absolute atomic E-state index is 13.5. The summed E-state index contributed by atoms with van der Waals surface area (Å²) in [5, 5.41) is 3.69. The van der Waals surface area contributed by atoms with Crippen molar-refractivity contribution >= 4 is 22.0 Å². The fourth-order valence-electron chi connectivity index (χ4n) is 3.99. The first kappa shape index (κ1) is 25.4. The van der Waals surface area contributed by atoms with Crippen molar-refractivity contribution in [3.8, 4) is 11.3 Å². The number of hydrogen-bond acceptors (Lipinski definition) is 6. The standard InChI is InChI=1S/C26H29N2O5S/c1-5-6-13-34(31,32)26(18-29,28(4)25(30)23-15-19(2)14-20(3)16-23)17-21-7-9-22(10-8-21)24-11-12-27-33-24/h7-12,14-16H,5-6,13,17H2,1-4H3/t26-/m1/s1. The van der Waals surface area contributed by atoms with Crippen LogP contribution in [0.15, 0.2) is 59.3 Å². The third-order valence-corrected chi connectivity index (χ3v) is 8.23. The minimum absolute atomic E-state index is 0.216. The van der Waals surface area contributed by atoms with Gasteiger partial charge in [0.2, 0.25) is 11.2 Å². The Balaban J connectivity index is 2.04. The van der Waals surface area contributed by atoms with Gasteiger partial charge in [0.1, 0.15) is 0 Å². The molecule has 1 heterocycles. The molecule has 0 unspecified atom stereocenters. The number of aromatic nitrogens is 1. The first-order valence-corrected chi connectivity index (χ1v) is 12.8. The molecule has 1 atom stereocenters. The van der Waals surface area contributed by atoms with Crippen LogP contribution in [0.4, 0.5) is 0 Å². The summed E-state index contributed by atoms with van der Waals surface area (Å²) in [5.74, 6) is -0.203. The van der Waals surface area contributed by atoms with E-state index in [1.807, 2.05) is 26.8 Å². The molecule has 1 aromatic heterocycles. The predicted molar refractivity (Wildman–Crippen MR) is 131 cm³/mol. The summed E-state index contributed by atoms with van der Waals surface area (Å²) >= 11 is 0. The molecule has 0 spiro atoms. The fourth-order valence-corrected chi connectivity index (χ4v) is 6.01. The molecule has 34 heavy (non-hydrogen) atoms. The molecule has 3 aromatic rings. The zero-order chi connectivity index (χ0) is 24.9. The molecule has 2 aromatic carbocycles. The lowest BCUT2D eigenvalue weighted by Crippen LogP contribution is -2.58. The number of hydrogen-bond donors (Lipinski definition) is 0. The van der Waals surface area contributed by atoms with E-state index in [9.17, 15) is 18.0 Å². The van der Waals surface area contributed by atoms with Gasteiger partial charge in [0, 0.05) is 30.7 Å². The lowest BCUT2D eigenvalue weighted by atomic mass is 10.0. The van der Waals surface area contributed by atoms with Crippen LogP contribution in [-0.2, 0) is 21.1 Å². The molecule has 0 N–H and O–H groups in total. The van der Waals surface area contributed by atoms with Crippen molar-refractivity contribution in [2.24, 2.45) is 0 Å². The van der Waals surface area contributed by atoms with E-state index >= 15 is 0 Å². The van der Waals surface area contributed by atoms with E-state index in [1.165, 1.54) is 13.2 Å². The van der Waals surface area contributed by atoms with Crippen molar-refractivity contribution in [2.75, 3.05) is 12.8 Å². The van der Waals surface area contributed by atoms with Crippen LogP contribution in [0.1, 0.15) is 46.8 Å². The molecule has 0 fully saturated rings. The van der Waals surface area contributed by atoms with Gasteiger partial charge in [0.05, 0.1) is 11.9 Å². The van der Waals surface area contributed by atoms with Crippen LogP contribution in [0.3, 0.4) is 0 Å². The van der Waals surface area contributed by atoms with Gasteiger partial charge in [-0.15, -0.1) is 0 Å². The third-order valence-electron chi connectivity index (χ3n) is 5.88. The van der Waals surface area contributed by atoms with Gasteiger partial charge in [0.15, 0.2) is 15.6 Å². The third kappa shape index (κ3) is 5.12. The largest absolute Gasteiger partial charge is 0.356 e. The maximum atomic E-state index is 13.5. The van der Waals surface area contributed by atoms with Crippen LogP contribution < -0.4 is 0 Å². The van der Waals surface area contributed by atoms with E-state index in [2.05, 4.69) is 5.16 Å². The topological polar surface area (TPSA) is 97.5 Å². The highest BCUT2D eigenvalue weighted by Crippen LogP contribution is 2.30. The molecule has 7 nitrogen and oxygen atoms in total. The molecule has 1 amide bonds. The van der Waals surface area contributed by atoms with Gasteiger partial charge in [-0.05, 0) is 38.0 Å². The molecule has 8 heteroatoms. The summed E-state index contributed by atoms with van der Waals surface area (Å²) < 4.78 is 32.2. The number of benzene rings is 2. The van der Waals surface area contributed by atoms with Crippen LogP contribution in [0, 0.1) is 13.8 Å². The monoisotopic (exact) mass is 481 g/mol. The van der Waals surface area contributed by atoms with Crippen molar-refractivity contribution in [1.82, 2.24) is 10.1 Å². The number of carbonyl (C=O) groups excluding carboxylic acids is 2. The van der Waals surface area contributed by atoms with Gasteiger partial charge < -0.3 is 9.42 Å². The first-order valence-electron chi connectivity index (χ1n) is 11.1. The zero-order valence-corrected chi connectivity index (χ0v) is 20.7. The van der Waals surface area contributed by atoms with Crippen LogP contribution in [0.2, 0.25) is 0 Å². The second-order valence-electron chi connectivity index (χ2n) is 8.55. The molecular formula is C26H29N2O5S. The molecule has 3 rings (SSSR count). The number of likely N-dealkylation sites (N-methyl/N-ethyl adjacent to an activating group) is 1. The number of unbranched alkanes of at least 4 members (excludes halogenated alkanes) is 1. The summed E-state index contributed by atoms with van der Waals surface area (Å²) in [7, 11) is -2.71. The number of sulfone groups is 1. The van der Waals surface area contributed by atoms with E-state index in [0.717, 1.165) is 21.6 Å². The van der Waals surface area contributed by atoms with Gasteiger partial charge in [-0.1, -0.05) is 60.0 Å². The molecule has 0 aliphatic heterocycles. The Kier molecular flexibility index (Phi) is 7.71. The number of nitrogens with zero attached hydrogens (tertiary/aromatic N) is 2. The second-order valence-corrected chi connectivity index (χ2v) is 10.9. The average Bonchev–Trinajstić information content (AvgIpc) is 3.35. The maximum Gasteiger partial charge on any atom is 0.255 e. The fraction of sp³-hybridized carbons (Fsp3) is 0.346. The van der Waals surface area contributed by atoms with E-state index in [1.54, 1.807) is 48.8 Å². The highest BCUT2D eigenvalue weighted by molar-refractivity contribution is 7.93. The quantitative estimate of drug-likeness (QED) is 0.428. The van der Waals surface area contributed by atoms with Crippen molar-refractivity contribution in [3.05, 3.63) is 77.0 Å². The molecule has 0 bridgehead atoms.